The van der Waals surface area contributed by atoms with Gasteiger partial charge in [-0.2, -0.15) is 0 Å². The first kappa shape index (κ1) is 11.5. The molecular formula is C11H20O3. The number of hydrogen-bond acceptors (Lipinski definition) is 3. The zero-order valence-corrected chi connectivity index (χ0v) is 9.12. The molecule has 0 N–H and O–H groups in total. The molecule has 0 aromatic rings. The highest BCUT2D eigenvalue weighted by atomic mass is 16.6. The van der Waals surface area contributed by atoms with Crippen molar-refractivity contribution in [2.24, 2.45) is 5.92 Å². The maximum absolute atomic E-state index is 10.5. The molecule has 14 heavy (non-hydrogen) atoms. The number of carbonyl (C=O) groups is 1. The van der Waals surface area contributed by atoms with Gasteiger partial charge in [-0.25, -0.2) is 0 Å². The lowest BCUT2D eigenvalue weighted by molar-refractivity contribution is -0.143. The molecule has 0 bridgehead atoms. The fourth-order valence-electron chi connectivity index (χ4n) is 1.80. The number of rotatable bonds is 4. The van der Waals surface area contributed by atoms with Crippen LogP contribution in [0.5, 0.6) is 0 Å². The predicted molar refractivity (Wildman–Crippen MR) is 54.0 cm³/mol. The van der Waals surface area contributed by atoms with Crippen molar-refractivity contribution >= 4 is 5.97 Å². The Morgan fingerprint density at radius 1 is 1.21 bits per heavy atom. The molecule has 0 saturated heterocycles. The zero-order valence-electron chi connectivity index (χ0n) is 9.12. The lowest BCUT2D eigenvalue weighted by atomic mass is 9.89. The average molecular weight is 200 g/mol. The van der Waals surface area contributed by atoms with E-state index in [0.29, 0.717) is 19.3 Å². The third-order valence-corrected chi connectivity index (χ3v) is 2.71. The molecule has 0 aromatic carbocycles. The van der Waals surface area contributed by atoms with Gasteiger partial charge in [0.2, 0.25) is 0 Å². The second-order valence-corrected chi connectivity index (χ2v) is 4.09. The lowest BCUT2D eigenvalue weighted by Crippen LogP contribution is -2.22. The third kappa shape index (κ3) is 4.61. The van der Waals surface area contributed by atoms with E-state index in [1.165, 1.54) is 19.8 Å². The van der Waals surface area contributed by atoms with Gasteiger partial charge in [-0.3, -0.25) is 4.79 Å². The van der Waals surface area contributed by atoms with Gasteiger partial charge in [0.05, 0.1) is 12.7 Å². The van der Waals surface area contributed by atoms with Gasteiger partial charge in [0.25, 0.3) is 0 Å². The molecule has 0 aliphatic heterocycles. The van der Waals surface area contributed by atoms with Crippen molar-refractivity contribution in [1.82, 2.24) is 0 Å². The van der Waals surface area contributed by atoms with Gasteiger partial charge in [0.15, 0.2) is 0 Å². The fourth-order valence-corrected chi connectivity index (χ4v) is 1.80. The quantitative estimate of drug-likeness (QED) is 0.515. The average Bonchev–Trinajstić information content (AvgIpc) is 2.15. The monoisotopic (exact) mass is 200 g/mol. The third-order valence-electron chi connectivity index (χ3n) is 2.71. The Morgan fingerprint density at radius 3 is 2.43 bits per heavy atom. The largest absolute Gasteiger partial charge is 0.463 e. The highest BCUT2D eigenvalue weighted by molar-refractivity contribution is 5.65. The second kappa shape index (κ2) is 6.02. The highest BCUT2D eigenvalue weighted by Crippen LogP contribution is 2.25. The van der Waals surface area contributed by atoms with Crippen LogP contribution in [0.3, 0.4) is 0 Å². The summed E-state index contributed by atoms with van der Waals surface area (Å²) in [6.45, 7) is 4.64. The van der Waals surface area contributed by atoms with Crippen LogP contribution in [0, 0.1) is 5.92 Å². The van der Waals surface area contributed by atoms with Crippen LogP contribution < -0.4 is 0 Å². The Bertz CT molecular complexity index is 171. The van der Waals surface area contributed by atoms with Gasteiger partial charge in [-0.15, -0.1) is 0 Å². The molecule has 82 valence electrons. The van der Waals surface area contributed by atoms with E-state index in [9.17, 15) is 4.79 Å². The minimum absolute atomic E-state index is 0.231. The van der Waals surface area contributed by atoms with Crippen LogP contribution in [0.2, 0.25) is 0 Å². The van der Waals surface area contributed by atoms with Crippen molar-refractivity contribution in [3.63, 3.8) is 0 Å². The van der Waals surface area contributed by atoms with Crippen molar-refractivity contribution in [3.05, 3.63) is 0 Å². The SMILES string of the molecule is CC(=O)OCCOC1CCC(C)CC1. The van der Waals surface area contributed by atoms with Crippen LogP contribution in [0.25, 0.3) is 0 Å². The van der Waals surface area contributed by atoms with E-state index in [-0.39, 0.29) is 5.97 Å². The molecule has 1 aliphatic rings. The first-order valence-electron chi connectivity index (χ1n) is 5.43. The topological polar surface area (TPSA) is 35.5 Å². The summed E-state index contributed by atoms with van der Waals surface area (Å²) in [6.07, 6.45) is 5.22. The normalized spacial score (nSPS) is 27.3. The van der Waals surface area contributed by atoms with Crippen LogP contribution in [0.15, 0.2) is 0 Å². The van der Waals surface area contributed by atoms with Crippen molar-refractivity contribution in [3.8, 4) is 0 Å². The van der Waals surface area contributed by atoms with Gasteiger partial charge in [0, 0.05) is 6.92 Å². The molecule has 0 aromatic heterocycles. The summed E-state index contributed by atoms with van der Waals surface area (Å²) in [5, 5.41) is 0. The molecule has 0 amide bonds. The van der Waals surface area contributed by atoms with Gasteiger partial charge in [-0.05, 0) is 31.6 Å². The maximum atomic E-state index is 10.5. The Kier molecular flexibility index (Phi) is 4.94. The lowest BCUT2D eigenvalue weighted by Gasteiger charge is -2.26. The van der Waals surface area contributed by atoms with Crippen molar-refractivity contribution in [2.75, 3.05) is 13.2 Å². The summed E-state index contributed by atoms with van der Waals surface area (Å²) in [6, 6.07) is 0. The van der Waals surface area contributed by atoms with Crippen LogP contribution >= 0.6 is 0 Å². The van der Waals surface area contributed by atoms with Gasteiger partial charge < -0.3 is 9.47 Å². The number of esters is 1. The first-order valence-corrected chi connectivity index (χ1v) is 5.43. The van der Waals surface area contributed by atoms with E-state index < -0.39 is 0 Å². The summed E-state index contributed by atoms with van der Waals surface area (Å²) in [4.78, 5) is 10.5. The fraction of sp³-hybridized carbons (Fsp3) is 0.909. The Morgan fingerprint density at radius 2 is 1.86 bits per heavy atom. The minimum atomic E-state index is -0.231. The number of ether oxygens (including phenoxy) is 2. The second-order valence-electron chi connectivity index (χ2n) is 4.09. The molecule has 0 atom stereocenters. The highest BCUT2D eigenvalue weighted by Gasteiger charge is 2.18. The summed E-state index contributed by atoms with van der Waals surface area (Å²) in [5.74, 6) is 0.620. The maximum Gasteiger partial charge on any atom is 0.302 e. The van der Waals surface area contributed by atoms with E-state index in [2.05, 4.69) is 6.92 Å². The van der Waals surface area contributed by atoms with Crippen molar-refractivity contribution in [2.45, 2.75) is 45.6 Å². The van der Waals surface area contributed by atoms with Gasteiger partial charge in [0.1, 0.15) is 6.61 Å². The standard InChI is InChI=1S/C11H20O3/c1-9-3-5-11(6-4-9)14-8-7-13-10(2)12/h9,11H,3-8H2,1-2H3. The van der Waals surface area contributed by atoms with E-state index in [0.717, 1.165) is 18.8 Å². The number of hydrogen-bond donors (Lipinski definition) is 0. The van der Waals surface area contributed by atoms with Crippen LogP contribution in [-0.4, -0.2) is 25.3 Å². The molecule has 0 spiro atoms. The molecule has 3 nitrogen and oxygen atoms in total. The number of carbonyl (C=O) groups excluding carboxylic acids is 1. The molecule has 0 heterocycles. The van der Waals surface area contributed by atoms with E-state index in [4.69, 9.17) is 9.47 Å². The summed E-state index contributed by atoms with van der Waals surface area (Å²) in [7, 11) is 0. The van der Waals surface area contributed by atoms with Crippen LogP contribution in [0.4, 0.5) is 0 Å². The Hall–Kier alpha value is -0.570. The Labute approximate surface area is 85.8 Å². The summed E-state index contributed by atoms with van der Waals surface area (Å²) in [5.41, 5.74) is 0. The van der Waals surface area contributed by atoms with Gasteiger partial charge in [-0.1, -0.05) is 6.92 Å². The van der Waals surface area contributed by atoms with E-state index in [1.807, 2.05) is 0 Å². The molecule has 3 heteroatoms. The first-order chi connectivity index (χ1) is 6.68. The van der Waals surface area contributed by atoms with Crippen molar-refractivity contribution < 1.29 is 14.3 Å². The van der Waals surface area contributed by atoms with E-state index >= 15 is 0 Å². The zero-order chi connectivity index (χ0) is 10.4. The molecule has 1 rings (SSSR count). The predicted octanol–water partition coefficient (Wildman–Crippen LogP) is 2.14. The molecule has 0 unspecified atom stereocenters. The van der Waals surface area contributed by atoms with Crippen molar-refractivity contribution in [1.29, 1.82) is 0 Å². The molecular weight excluding hydrogens is 180 g/mol. The molecule has 1 fully saturated rings. The van der Waals surface area contributed by atoms with Gasteiger partial charge >= 0.3 is 5.97 Å². The smallest absolute Gasteiger partial charge is 0.302 e. The molecule has 1 aliphatic carbocycles. The van der Waals surface area contributed by atoms with Crippen LogP contribution in [0.1, 0.15) is 39.5 Å². The van der Waals surface area contributed by atoms with E-state index in [1.54, 1.807) is 0 Å². The Balaban J connectivity index is 1.99. The summed E-state index contributed by atoms with van der Waals surface area (Å²) >= 11 is 0. The minimum Gasteiger partial charge on any atom is -0.463 e. The molecule has 0 radical (unpaired) electrons. The molecule has 1 saturated carbocycles. The van der Waals surface area contributed by atoms with Crippen LogP contribution in [-0.2, 0) is 14.3 Å². The summed E-state index contributed by atoms with van der Waals surface area (Å²) < 4.78 is 10.4.